The van der Waals surface area contributed by atoms with Gasteiger partial charge >= 0.3 is 5.97 Å². The molecule has 0 aromatic heterocycles. The maximum absolute atomic E-state index is 11.6. The zero-order valence-electron chi connectivity index (χ0n) is 12.3. The second-order valence-corrected chi connectivity index (χ2v) is 5.87. The minimum atomic E-state index is -0.693. The Morgan fingerprint density at radius 3 is 2.76 bits per heavy atom. The number of carboxylic acid groups (broad SMARTS) is 1. The Balaban J connectivity index is 1.80. The smallest absolute Gasteiger partial charge is 0.324 e. The minimum absolute atomic E-state index is 0.581. The molecular weight excluding hydrogens is 290 g/mol. The predicted octanol–water partition coefficient (Wildman–Crippen LogP) is 3.44. The quantitative estimate of drug-likeness (QED) is 0.784. The number of hydrogen-bond acceptors (Lipinski definition) is 3. The average molecular weight is 312 g/mol. The first-order valence-corrected chi connectivity index (χ1v) is 7.83. The van der Waals surface area contributed by atoms with Gasteiger partial charge in [0, 0.05) is 11.6 Å². The van der Waals surface area contributed by atoms with E-state index in [1.165, 1.54) is 0 Å². The number of ether oxygens (including phenoxy) is 1. The topological polar surface area (TPSA) is 49.8 Å². The summed E-state index contributed by atoms with van der Waals surface area (Å²) in [6, 6.07) is 7.27. The van der Waals surface area contributed by atoms with Crippen LogP contribution in [-0.4, -0.2) is 41.2 Å². The summed E-state index contributed by atoms with van der Waals surface area (Å²) in [5.41, 5.74) is -0.666. The summed E-state index contributed by atoms with van der Waals surface area (Å²) < 4.78 is 5.65. The van der Waals surface area contributed by atoms with Crippen molar-refractivity contribution in [2.24, 2.45) is 0 Å². The van der Waals surface area contributed by atoms with Crippen LogP contribution in [0.3, 0.4) is 0 Å². The van der Waals surface area contributed by atoms with E-state index in [9.17, 15) is 9.90 Å². The second kappa shape index (κ2) is 7.14. The lowest BCUT2D eigenvalue weighted by Crippen LogP contribution is -2.50. The number of likely N-dealkylation sites (tertiary alicyclic amines) is 1. The third-order valence-electron chi connectivity index (χ3n) is 4.26. The van der Waals surface area contributed by atoms with Crippen LogP contribution in [-0.2, 0) is 4.79 Å². The van der Waals surface area contributed by atoms with Crippen molar-refractivity contribution in [2.75, 3.05) is 19.7 Å². The summed E-state index contributed by atoms with van der Waals surface area (Å²) in [5, 5.41) is 10.2. The summed E-state index contributed by atoms with van der Waals surface area (Å²) in [6.07, 6.45) is 3.17. The molecule has 0 amide bonds. The summed E-state index contributed by atoms with van der Waals surface area (Å²) >= 11 is 5.82. The van der Waals surface area contributed by atoms with Gasteiger partial charge in [-0.3, -0.25) is 9.69 Å². The average Bonchev–Trinajstić information content (AvgIpc) is 2.89. The molecule has 1 aliphatic rings. The summed E-state index contributed by atoms with van der Waals surface area (Å²) in [7, 11) is 0. The third-order valence-corrected chi connectivity index (χ3v) is 4.51. The van der Waals surface area contributed by atoms with Crippen LogP contribution in [0.25, 0.3) is 0 Å². The number of rotatable bonds is 7. The van der Waals surface area contributed by atoms with Gasteiger partial charge in [0.05, 0.1) is 6.61 Å². The molecule has 1 aliphatic heterocycles. The van der Waals surface area contributed by atoms with Crippen molar-refractivity contribution in [3.8, 4) is 5.75 Å². The zero-order valence-corrected chi connectivity index (χ0v) is 13.1. The zero-order chi connectivity index (χ0) is 15.3. The van der Waals surface area contributed by atoms with Gasteiger partial charge < -0.3 is 9.84 Å². The normalized spacial score (nSPS) is 22.4. The van der Waals surface area contributed by atoms with E-state index in [4.69, 9.17) is 16.3 Å². The fourth-order valence-corrected chi connectivity index (χ4v) is 3.16. The molecule has 4 nitrogen and oxygen atoms in total. The van der Waals surface area contributed by atoms with E-state index in [1.807, 2.05) is 19.1 Å². The van der Waals surface area contributed by atoms with Crippen molar-refractivity contribution < 1.29 is 14.6 Å². The Hall–Kier alpha value is -1.26. The van der Waals surface area contributed by atoms with Crippen LogP contribution in [0, 0.1) is 0 Å². The first kappa shape index (κ1) is 16.1. The first-order valence-electron chi connectivity index (χ1n) is 7.45. The molecule has 116 valence electrons. The SMILES string of the molecule is CCC1(C(=O)O)CCCN1CCCOc1ccc(Cl)cc1. The van der Waals surface area contributed by atoms with Crippen LogP contribution in [0.15, 0.2) is 24.3 Å². The molecule has 1 heterocycles. The Morgan fingerprint density at radius 1 is 1.43 bits per heavy atom. The number of carboxylic acids is 1. The molecule has 1 atom stereocenters. The molecule has 1 fully saturated rings. The summed E-state index contributed by atoms with van der Waals surface area (Å²) in [4.78, 5) is 13.7. The Bertz CT molecular complexity index is 477. The minimum Gasteiger partial charge on any atom is -0.494 e. The number of nitrogens with zero attached hydrogens (tertiary/aromatic N) is 1. The number of halogens is 1. The van der Waals surface area contributed by atoms with E-state index in [-0.39, 0.29) is 0 Å². The lowest BCUT2D eigenvalue weighted by atomic mass is 9.93. The van der Waals surface area contributed by atoms with E-state index in [0.29, 0.717) is 18.1 Å². The van der Waals surface area contributed by atoms with Crippen LogP contribution < -0.4 is 4.74 Å². The Kier molecular flexibility index (Phi) is 5.48. The van der Waals surface area contributed by atoms with Crippen LogP contribution >= 0.6 is 11.6 Å². The van der Waals surface area contributed by atoms with Crippen molar-refractivity contribution in [1.29, 1.82) is 0 Å². The molecule has 5 heteroatoms. The molecular formula is C16H22ClNO3. The van der Waals surface area contributed by atoms with Gasteiger partial charge in [-0.2, -0.15) is 0 Å². The monoisotopic (exact) mass is 311 g/mol. The van der Waals surface area contributed by atoms with Gasteiger partial charge in [0.1, 0.15) is 11.3 Å². The number of benzene rings is 1. The molecule has 1 aromatic rings. The molecule has 0 spiro atoms. The molecule has 1 aromatic carbocycles. The molecule has 2 rings (SSSR count). The highest BCUT2D eigenvalue weighted by Gasteiger charge is 2.45. The van der Waals surface area contributed by atoms with Gasteiger partial charge in [-0.15, -0.1) is 0 Å². The highest BCUT2D eigenvalue weighted by atomic mass is 35.5. The third kappa shape index (κ3) is 3.69. The molecule has 1 N–H and O–H groups in total. The van der Waals surface area contributed by atoms with E-state index in [2.05, 4.69) is 4.90 Å². The Labute approximate surface area is 130 Å². The molecule has 0 aliphatic carbocycles. The standard InChI is InChI=1S/C16H22ClNO3/c1-2-16(15(19)20)9-3-10-18(16)11-4-12-21-14-7-5-13(17)6-8-14/h5-8H,2-4,9-12H2,1H3,(H,19,20). The van der Waals surface area contributed by atoms with Gasteiger partial charge in [0.2, 0.25) is 0 Å². The van der Waals surface area contributed by atoms with E-state index in [0.717, 1.165) is 38.1 Å². The van der Waals surface area contributed by atoms with Gasteiger partial charge in [-0.05, 0) is 56.5 Å². The van der Waals surface area contributed by atoms with Gasteiger partial charge in [-0.1, -0.05) is 18.5 Å². The fourth-order valence-electron chi connectivity index (χ4n) is 3.03. The summed E-state index contributed by atoms with van der Waals surface area (Å²) in [6.45, 7) is 4.16. The molecule has 1 saturated heterocycles. The Morgan fingerprint density at radius 2 is 2.14 bits per heavy atom. The van der Waals surface area contributed by atoms with Gasteiger partial charge in [0.25, 0.3) is 0 Å². The van der Waals surface area contributed by atoms with Crippen molar-refractivity contribution >= 4 is 17.6 Å². The largest absolute Gasteiger partial charge is 0.494 e. The number of hydrogen-bond donors (Lipinski definition) is 1. The maximum atomic E-state index is 11.6. The second-order valence-electron chi connectivity index (χ2n) is 5.44. The molecule has 1 unspecified atom stereocenters. The van der Waals surface area contributed by atoms with Gasteiger partial charge in [-0.25, -0.2) is 0 Å². The highest BCUT2D eigenvalue weighted by molar-refractivity contribution is 6.30. The van der Waals surface area contributed by atoms with Gasteiger partial charge in [0.15, 0.2) is 0 Å². The van der Waals surface area contributed by atoms with E-state index < -0.39 is 11.5 Å². The predicted molar refractivity (Wildman–Crippen MR) is 83.0 cm³/mol. The van der Waals surface area contributed by atoms with Crippen molar-refractivity contribution in [3.05, 3.63) is 29.3 Å². The lowest BCUT2D eigenvalue weighted by molar-refractivity contribution is -0.150. The summed E-state index contributed by atoms with van der Waals surface area (Å²) in [5.74, 6) is 0.0990. The van der Waals surface area contributed by atoms with Crippen molar-refractivity contribution in [1.82, 2.24) is 4.90 Å². The van der Waals surface area contributed by atoms with E-state index in [1.54, 1.807) is 12.1 Å². The van der Waals surface area contributed by atoms with Crippen LogP contribution in [0.5, 0.6) is 5.75 Å². The molecule has 21 heavy (non-hydrogen) atoms. The molecule has 0 saturated carbocycles. The van der Waals surface area contributed by atoms with E-state index >= 15 is 0 Å². The van der Waals surface area contributed by atoms with Crippen LogP contribution in [0.2, 0.25) is 5.02 Å². The fraction of sp³-hybridized carbons (Fsp3) is 0.562. The number of aliphatic carboxylic acids is 1. The van der Waals surface area contributed by atoms with Crippen LogP contribution in [0.4, 0.5) is 0 Å². The maximum Gasteiger partial charge on any atom is 0.324 e. The van der Waals surface area contributed by atoms with Crippen molar-refractivity contribution in [2.45, 2.75) is 38.1 Å². The highest BCUT2D eigenvalue weighted by Crippen LogP contribution is 2.32. The van der Waals surface area contributed by atoms with Crippen molar-refractivity contribution in [3.63, 3.8) is 0 Å². The lowest BCUT2D eigenvalue weighted by Gasteiger charge is -2.33. The molecule has 0 bridgehead atoms. The van der Waals surface area contributed by atoms with Crippen LogP contribution in [0.1, 0.15) is 32.6 Å². The number of carbonyl (C=O) groups is 1. The first-order chi connectivity index (χ1) is 10.1. The molecule has 0 radical (unpaired) electrons.